The van der Waals surface area contributed by atoms with Crippen molar-refractivity contribution in [1.82, 2.24) is 4.31 Å². The summed E-state index contributed by atoms with van der Waals surface area (Å²) in [6.07, 6.45) is -4.13. The van der Waals surface area contributed by atoms with Crippen molar-refractivity contribution >= 4 is 37.3 Å². The number of rotatable bonds is 2. The van der Waals surface area contributed by atoms with Crippen LogP contribution in [0.2, 0.25) is 0 Å². The Morgan fingerprint density at radius 2 is 2.10 bits per heavy atom. The summed E-state index contributed by atoms with van der Waals surface area (Å²) in [4.78, 5) is 0. The smallest absolute Gasteiger partial charge is 0.206 e. The highest BCUT2D eigenvalue weighted by atomic mass is 79.9. The second kappa shape index (κ2) is 5.58. The Kier molecular flexibility index (Phi) is 4.54. The average Bonchev–Trinajstić information content (AvgIpc) is 2.69. The predicted molar refractivity (Wildman–Crippen MR) is 74.3 cm³/mol. The molecule has 0 bridgehead atoms. The van der Waals surface area contributed by atoms with E-state index in [1.165, 1.54) is 6.07 Å². The van der Waals surface area contributed by atoms with Crippen molar-refractivity contribution in [3.05, 3.63) is 15.4 Å². The summed E-state index contributed by atoms with van der Waals surface area (Å²) in [6, 6.07) is 1.49. The molecule has 0 aliphatic carbocycles. The molecule has 0 spiro atoms. The largest absolute Gasteiger partial charge is 0.393 e. The van der Waals surface area contributed by atoms with E-state index in [0.717, 1.165) is 21.2 Å². The molecule has 0 aromatic carbocycles. The Morgan fingerprint density at radius 1 is 1.45 bits per heavy atom. The van der Waals surface area contributed by atoms with Gasteiger partial charge >= 0.3 is 6.18 Å². The van der Waals surface area contributed by atoms with Crippen molar-refractivity contribution in [2.24, 2.45) is 5.92 Å². The van der Waals surface area contributed by atoms with E-state index in [1.807, 2.05) is 0 Å². The Morgan fingerprint density at radius 3 is 2.60 bits per heavy atom. The Balaban J connectivity index is 2.26. The number of sulfonamides is 1. The summed E-state index contributed by atoms with van der Waals surface area (Å²) in [6.45, 7) is 1.40. The fourth-order valence-corrected chi connectivity index (χ4v) is 6.02. The molecular weight excluding hydrogens is 379 g/mol. The summed E-state index contributed by atoms with van der Waals surface area (Å²) < 4.78 is 64.7. The molecule has 0 N–H and O–H groups in total. The minimum absolute atomic E-state index is 0.0112. The predicted octanol–water partition coefficient (Wildman–Crippen LogP) is 3.78. The van der Waals surface area contributed by atoms with E-state index in [4.69, 9.17) is 0 Å². The standard InChI is InChI=1S/C11H13BrF3NO2S2/c1-7-5-9(19-10(7)12)20(17,18)16-4-2-3-8(6-16)11(13,14)15/h5,8H,2-4,6H2,1H3. The van der Waals surface area contributed by atoms with E-state index < -0.39 is 28.7 Å². The quantitative estimate of drug-likeness (QED) is 0.768. The maximum Gasteiger partial charge on any atom is 0.393 e. The van der Waals surface area contributed by atoms with Gasteiger partial charge in [-0.15, -0.1) is 11.3 Å². The molecule has 1 saturated heterocycles. The van der Waals surface area contributed by atoms with Gasteiger partial charge in [0.15, 0.2) is 0 Å². The first-order valence-corrected chi connectivity index (χ1v) is 9.00. The third-order valence-corrected chi connectivity index (χ3v) is 7.73. The van der Waals surface area contributed by atoms with E-state index in [0.29, 0.717) is 3.79 Å². The molecule has 1 aromatic rings. The van der Waals surface area contributed by atoms with Gasteiger partial charge < -0.3 is 0 Å². The first kappa shape index (κ1) is 16.3. The van der Waals surface area contributed by atoms with Crippen LogP contribution in [0.15, 0.2) is 14.1 Å². The fourth-order valence-electron chi connectivity index (χ4n) is 2.11. The highest BCUT2D eigenvalue weighted by Gasteiger charge is 2.44. The first-order chi connectivity index (χ1) is 9.12. The number of hydrogen-bond acceptors (Lipinski definition) is 3. The highest BCUT2D eigenvalue weighted by molar-refractivity contribution is 9.11. The summed E-state index contributed by atoms with van der Waals surface area (Å²) >= 11 is 4.26. The van der Waals surface area contributed by atoms with Gasteiger partial charge in [0.2, 0.25) is 0 Å². The second-order valence-electron chi connectivity index (χ2n) is 4.77. The highest BCUT2D eigenvalue weighted by Crippen LogP contribution is 2.37. The maximum atomic E-state index is 12.7. The zero-order valence-corrected chi connectivity index (χ0v) is 13.8. The van der Waals surface area contributed by atoms with Gasteiger partial charge in [0.25, 0.3) is 10.0 Å². The van der Waals surface area contributed by atoms with Gasteiger partial charge in [-0.05, 0) is 47.3 Å². The van der Waals surface area contributed by atoms with Crippen LogP contribution in [0.1, 0.15) is 18.4 Å². The molecule has 3 nitrogen and oxygen atoms in total. The van der Waals surface area contributed by atoms with Crippen LogP contribution in [-0.4, -0.2) is 32.0 Å². The van der Waals surface area contributed by atoms with Crippen molar-refractivity contribution < 1.29 is 21.6 Å². The minimum Gasteiger partial charge on any atom is -0.206 e. The zero-order valence-electron chi connectivity index (χ0n) is 10.6. The van der Waals surface area contributed by atoms with Crippen molar-refractivity contribution in [1.29, 1.82) is 0 Å². The summed E-state index contributed by atoms with van der Waals surface area (Å²) in [5.74, 6) is -1.57. The van der Waals surface area contributed by atoms with Crippen LogP contribution in [0, 0.1) is 12.8 Å². The van der Waals surface area contributed by atoms with Gasteiger partial charge in [0.1, 0.15) is 4.21 Å². The number of aryl methyl sites for hydroxylation is 1. The number of piperidine rings is 1. The molecule has 0 amide bonds. The van der Waals surface area contributed by atoms with Crippen molar-refractivity contribution in [3.63, 3.8) is 0 Å². The van der Waals surface area contributed by atoms with Crippen LogP contribution >= 0.6 is 27.3 Å². The summed E-state index contributed by atoms with van der Waals surface area (Å²) in [5.41, 5.74) is 0.762. The maximum absolute atomic E-state index is 12.7. The Hall–Kier alpha value is -0.120. The van der Waals surface area contributed by atoms with E-state index in [1.54, 1.807) is 6.92 Å². The van der Waals surface area contributed by atoms with Crippen molar-refractivity contribution in [2.45, 2.75) is 30.2 Å². The minimum atomic E-state index is -4.35. The third-order valence-electron chi connectivity index (χ3n) is 3.28. The number of alkyl halides is 3. The van der Waals surface area contributed by atoms with E-state index >= 15 is 0 Å². The zero-order chi connectivity index (χ0) is 15.1. The molecule has 1 atom stereocenters. The number of nitrogens with zero attached hydrogens (tertiary/aromatic N) is 1. The van der Waals surface area contributed by atoms with Gasteiger partial charge in [-0.2, -0.15) is 17.5 Å². The van der Waals surface area contributed by atoms with Gasteiger partial charge in [0.05, 0.1) is 9.70 Å². The number of thiophene rings is 1. The van der Waals surface area contributed by atoms with Crippen LogP contribution in [0.3, 0.4) is 0 Å². The molecule has 114 valence electrons. The third kappa shape index (κ3) is 3.20. The molecule has 1 aromatic heterocycles. The molecule has 1 aliphatic rings. The lowest BCUT2D eigenvalue weighted by molar-refractivity contribution is -0.182. The molecule has 1 aliphatic heterocycles. The Bertz CT molecular complexity index is 578. The van der Waals surface area contributed by atoms with Crippen molar-refractivity contribution in [3.8, 4) is 0 Å². The molecule has 20 heavy (non-hydrogen) atoms. The lowest BCUT2D eigenvalue weighted by atomic mass is 9.99. The monoisotopic (exact) mass is 391 g/mol. The molecule has 0 radical (unpaired) electrons. The van der Waals surface area contributed by atoms with E-state index in [2.05, 4.69) is 15.9 Å². The van der Waals surface area contributed by atoms with E-state index in [9.17, 15) is 21.6 Å². The van der Waals surface area contributed by atoms with Gasteiger partial charge in [-0.1, -0.05) is 0 Å². The molecule has 0 saturated carbocycles. The SMILES string of the molecule is Cc1cc(S(=O)(=O)N2CCCC(C(F)(F)F)C2)sc1Br. The van der Waals surface area contributed by atoms with Gasteiger partial charge in [-0.3, -0.25) is 0 Å². The van der Waals surface area contributed by atoms with Crippen LogP contribution in [0.25, 0.3) is 0 Å². The molecule has 1 fully saturated rings. The first-order valence-electron chi connectivity index (χ1n) is 5.95. The van der Waals surface area contributed by atoms with Crippen LogP contribution < -0.4 is 0 Å². The topological polar surface area (TPSA) is 37.4 Å². The fraction of sp³-hybridized carbons (Fsp3) is 0.636. The second-order valence-corrected chi connectivity index (χ2v) is 9.30. The normalized spacial score (nSPS) is 22.1. The molecule has 2 rings (SSSR count). The average molecular weight is 392 g/mol. The lowest BCUT2D eigenvalue weighted by Crippen LogP contribution is -2.44. The Labute approximate surface area is 128 Å². The van der Waals surface area contributed by atoms with E-state index in [-0.39, 0.29) is 23.6 Å². The van der Waals surface area contributed by atoms with Crippen LogP contribution in [0.4, 0.5) is 13.2 Å². The molecule has 2 heterocycles. The molecule has 9 heteroatoms. The van der Waals surface area contributed by atoms with Crippen LogP contribution in [-0.2, 0) is 10.0 Å². The van der Waals surface area contributed by atoms with Gasteiger partial charge in [0, 0.05) is 13.1 Å². The number of hydrogen-bond donors (Lipinski definition) is 0. The van der Waals surface area contributed by atoms with Crippen molar-refractivity contribution in [2.75, 3.05) is 13.1 Å². The summed E-state index contributed by atoms with van der Waals surface area (Å²) in [5, 5.41) is 0. The molecular formula is C11H13BrF3NO2S2. The van der Waals surface area contributed by atoms with Gasteiger partial charge in [-0.25, -0.2) is 8.42 Å². The lowest BCUT2D eigenvalue weighted by Gasteiger charge is -2.32. The van der Waals surface area contributed by atoms with Crippen LogP contribution in [0.5, 0.6) is 0 Å². The summed E-state index contributed by atoms with van der Waals surface area (Å²) in [7, 11) is -3.84. The molecule has 1 unspecified atom stereocenters. The number of halogens is 4.